The number of benzene rings is 2. The van der Waals surface area contributed by atoms with Crippen LogP contribution >= 0.6 is 0 Å². The van der Waals surface area contributed by atoms with Gasteiger partial charge in [0.15, 0.2) is 15.6 Å². The lowest BCUT2D eigenvalue weighted by Gasteiger charge is -2.09. The van der Waals surface area contributed by atoms with Crippen LogP contribution in [0.15, 0.2) is 48.5 Å². The Morgan fingerprint density at radius 3 is 2.19 bits per heavy atom. The minimum Gasteiger partial charge on any atom is -0.497 e. The van der Waals surface area contributed by atoms with Crippen molar-refractivity contribution in [1.82, 2.24) is 10.6 Å². The minimum atomic E-state index is -3.75. The van der Waals surface area contributed by atoms with E-state index >= 15 is 0 Å². The fourth-order valence-electron chi connectivity index (χ4n) is 2.51. The maximum Gasteiger partial charge on any atom is 0.404 e. The van der Waals surface area contributed by atoms with Crippen LogP contribution in [0.25, 0.3) is 0 Å². The monoisotopic (exact) mass is 449 g/mol. The van der Waals surface area contributed by atoms with E-state index in [9.17, 15) is 22.8 Å². The molecule has 0 spiro atoms. The molecule has 4 N–H and O–H groups in total. The van der Waals surface area contributed by atoms with Gasteiger partial charge in [-0.25, -0.2) is 18.0 Å². The number of ether oxygens (including phenoxy) is 1. The third kappa shape index (κ3) is 8.34. The second-order valence-electron chi connectivity index (χ2n) is 6.48. The molecule has 0 radical (unpaired) electrons. The van der Waals surface area contributed by atoms with Gasteiger partial charge in [-0.2, -0.15) is 0 Å². The van der Waals surface area contributed by atoms with E-state index in [1.165, 1.54) is 24.3 Å². The first-order chi connectivity index (χ1) is 14.7. The highest BCUT2D eigenvalue weighted by Gasteiger charge is 2.18. The summed E-state index contributed by atoms with van der Waals surface area (Å²) >= 11 is 0. The summed E-state index contributed by atoms with van der Waals surface area (Å²) in [7, 11) is -2.19. The Bertz CT molecular complexity index is 1020. The molecule has 0 heterocycles. The molecule has 10 nitrogen and oxygen atoms in total. The highest BCUT2D eigenvalue weighted by atomic mass is 32.2. The number of amides is 3. The molecule has 0 saturated carbocycles. The van der Waals surface area contributed by atoms with E-state index < -0.39 is 39.3 Å². The Kier molecular flexibility index (Phi) is 8.38. The molecule has 0 saturated heterocycles. The van der Waals surface area contributed by atoms with Gasteiger partial charge < -0.3 is 25.8 Å². The van der Waals surface area contributed by atoms with Gasteiger partial charge >= 0.3 is 12.1 Å². The molecule has 2 aromatic rings. The summed E-state index contributed by atoms with van der Waals surface area (Å²) < 4.78 is 28.9. The number of urea groups is 1. The molecule has 0 aromatic heterocycles. The molecule has 11 heteroatoms. The number of sulfone groups is 1. The first-order valence-corrected chi connectivity index (χ1v) is 11.0. The van der Waals surface area contributed by atoms with Crippen molar-refractivity contribution in [2.75, 3.05) is 30.5 Å². The van der Waals surface area contributed by atoms with E-state index in [0.717, 1.165) is 5.56 Å². The van der Waals surface area contributed by atoms with Crippen molar-refractivity contribution in [1.29, 1.82) is 0 Å². The lowest BCUT2D eigenvalue weighted by Crippen LogP contribution is -2.30. The molecule has 0 fully saturated rings. The summed E-state index contributed by atoms with van der Waals surface area (Å²) in [6, 6.07) is 12.6. The standard InChI is InChI=1S/C20H23N3O7S/c1-30-17-8-2-14(3-9-17)12-22-19(25)23-16-6-4-15(5-7-16)18(24)13-31(28,29)11-10-21-20(26)27/h2-9,21H,10-13H2,1H3,(H,26,27)(H2,22,23,25). The molecule has 0 bridgehead atoms. The number of carbonyl (C=O) groups is 3. The van der Waals surface area contributed by atoms with Gasteiger partial charge in [-0.15, -0.1) is 0 Å². The molecule has 31 heavy (non-hydrogen) atoms. The van der Waals surface area contributed by atoms with E-state index in [1.807, 2.05) is 17.4 Å². The average molecular weight is 449 g/mol. The lowest BCUT2D eigenvalue weighted by molar-refractivity contribution is 0.102. The zero-order valence-corrected chi connectivity index (χ0v) is 17.6. The quantitative estimate of drug-likeness (QED) is 0.404. The Morgan fingerprint density at radius 2 is 1.61 bits per heavy atom. The minimum absolute atomic E-state index is 0.166. The van der Waals surface area contributed by atoms with E-state index in [4.69, 9.17) is 9.84 Å². The summed E-state index contributed by atoms with van der Waals surface area (Å²) in [6.45, 7) is 0.0143. The second-order valence-corrected chi connectivity index (χ2v) is 8.66. The number of anilines is 1. The second kappa shape index (κ2) is 11.0. The molecule has 0 aliphatic heterocycles. The molecular formula is C20H23N3O7S. The maximum absolute atomic E-state index is 12.2. The number of nitrogens with one attached hydrogen (secondary N) is 3. The first-order valence-electron chi connectivity index (χ1n) is 9.17. The van der Waals surface area contributed by atoms with Crippen molar-refractivity contribution in [3.63, 3.8) is 0 Å². The summed E-state index contributed by atoms with van der Waals surface area (Å²) in [6.07, 6.45) is -1.34. The largest absolute Gasteiger partial charge is 0.497 e. The van der Waals surface area contributed by atoms with Gasteiger partial charge in [0.05, 0.1) is 12.9 Å². The zero-order valence-electron chi connectivity index (χ0n) is 16.8. The van der Waals surface area contributed by atoms with Crippen molar-refractivity contribution < 1.29 is 32.6 Å². The maximum atomic E-state index is 12.2. The van der Waals surface area contributed by atoms with Crippen LogP contribution < -0.4 is 20.7 Å². The van der Waals surface area contributed by atoms with Gasteiger partial charge in [-0.1, -0.05) is 12.1 Å². The number of carboxylic acid groups (broad SMARTS) is 1. The molecule has 3 amide bonds. The molecular weight excluding hydrogens is 426 g/mol. The fourth-order valence-corrected chi connectivity index (χ4v) is 3.63. The summed E-state index contributed by atoms with van der Waals surface area (Å²) in [5.41, 5.74) is 1.48. The Labute approximate surface area is 179 Å². The number of carbonyl (C=O) groups excluding carboxylic acids is 2. The van der Waals surface area contributed by atoms with Crippen LogP contribution in [0, 0.1) is 0 Å². The van der Waals surface area contributed by atoms with E-state index in [-0.39, 0.29) is 12.1 Å². The van der Waals surface area contributed by atoms with E-state index in [0.29, 0.717) is 18.0 Å². The molecule has 0 unspecified atom stereocenters. The highest BCUT2D eigenvalue weighted by molar-refractivity contribution is 7.92. The third-order valence-electron chi connectivity index (χ3n) is 4.12. The molecule has 166 valence electrons. The van der Waals surface area contributed by atoms with Crippen molar-refractivity contribution in [3.8, 4) is 5.75 Å². The number of hydrogen-bond donors (Lipinski definition) is 4. The topological polar surface area (TPSA) is 151 Å². The zero-order chi connectivity index (χ0) is 22.9. The van der Waals surface area contributed by atoms with Gasteiger partial charge in [-0.05, 0) is 42.0 Å². The summed E-state index contributed by atoms with van der Waals surface area (Å²) in [5.74, 6) is -1.11. The normalized spacial score (nSPS) is 10.7. The van der Waals surface area contributed by atoms with Gasteiger partial charge in [0.2, 0.25) is 0 Å². The number of Topliss-reactive ketones (excluding diaryl/α,β-unsaturated/α-hetero) is 1. The van der Waals surface area contributed by atoms with Crippen LogP contribution in [-0.4, -0.2) is 56.6 Å². The van der Waals surface area contributed by atoms with Crippen LogP contribution in [0.3, 0.4) is 0 Å². The first kappa shape index (κ1) is 23.7. The van der Waals surface area contributed by atoms with Crippen LogP contribution in [0.2, 0.25) is 0 Å². The SMILES string of the molecule is COc1ccc(CNC(=O)Nc2ccc(C(=O)CS(=O)(=O)CCNC(=O)O)cc2)cc1. The summed E-state index contributed by atoms with van der Waals surface area (Å²) in [4.78, 5) is 34.6. The molecule has 0 aliphatic rings. The van der Waals surface area contributed by atoms with Crippen LogP contribution in [-0.2, 0) is 16.4 Å². The Hall–Kier alpha value is -3.60. The number of ketones is 1. The number of hydrogen-bond acceptors (Lipinski definition) is 6. The summed E-state index contributed by atoms with van der Waals surface area (Å²) in [5, 5.41) is 15.7. The van der Waals surface area contributed by atoms with Crippen LogP contribution in [0.4, 0.5) is 15.3 Å². The predicted molar refractivity (Wildman–Crippen MR) is 114 cm³/mol. The predicted octanol–water partition coefficient (Wildman–Crippen LogP) is 1.88. The van der Waals surface area contributed by atoms with Gasteiger partial charge in [-0.3, -0.25) is 4.79 Å². The van der Waals surface area contributed by atoms with Gasteiger partial charge in [0, 0.05) is 24.3 Å². The number of rotatable bonds is 10. The number of methoxy groups -OCH3 is 1. The molecule has 2 aromatic carbocycles. The fraction of sp³-hybridized carbons (Fsp3) is 0.250. The van der Waals surface area contributed by atoms with Crippen LogP contribution in [0.1, 0.15) is 15.9 Å². The lowest BCUT2D eigenvalue weighted by atomic mass is 10.1. The average Bonchev–Trinajstić information content (AvgIpc) is 2.72. The molecule has 0 aliphatic carbocycles. The van der Waals surface area contributed by atoms with Crippen molar-refractivity contribution in [2.45, 2.75) is 6.54 Å². The van der Waals surface area contributed by atoms with E-state index in [1.54, 1.807) is 19.2 Å². The van der Waals surface area contributed by atoms with Crippen LogP contribution in [0.5, 0.6) is 5.75 Å². The van der Waals surface area contributed by atoms with E-state index in [2.05, 4.69) is 10.6 Å². The van der Waals surface area contributed by atoms with Gasteiger partial charge in [0.1, 0.15) is 11.5 Å². The Balaban J connectivity index is 1.83. The molecule has 0 atom stereocenters. The van der Waals surface area contributed by atoms with Crippen molar-refractivity contribution >= 4 is 33.4 Å². The highest BCUT2D eigenvalue weighted by Crippen LogP contribution is 2.12. The molecule has 2 rings (SSSR count). The third-order valence-corrected chi connectivity index (χ3v) is 5.65. The van der Waals surface area contributed by atoms with Crippen molar-refractivity contribution in [2.24, 2.45) is 0 Å². The smallest absolute Gasteiger partial charge is 0.404 e. The van der Waals surface area contributed by atoms with Crippen molar-refractivity contribution in [3.05, 3.63) is 59.7 Å². The Morgan fingerprint density at radius 1 is 0.968 bits per heavy atom. The van der Waals surface area contributed by atoms with Gasteiger partial charge in [0.25, 0.3) is 0 Å².